The molecule has 0 aliphatic carbocycles. The van der Waals surface area contributed by atoms with E-state index in [1.807, 2.05) is 14.2 Å². The Bertz CT molecular complexity index is 386. The van der Waals surface area contributed by atoms with Crippen LogP contribution in [0.2, 0.25) is 24.2 Å². The van der Waals surface area contributed by atoms with E-state index in [2.05, 4.69) is 41.5 Å². The average Bonchev–Trinajstić information content (AvgIpc) is 2.89. The summed E-state index contributed by atoms with van der Waals surface area (Å²) in [7, 11) is -0.0537. The Morgan fingerprint density at radius 2 is 0.639 bits per heavy atom. The van der Waals surface area contributed by atoms with E-state index in [1.54, 1.807) is 0 Å². The first-order valence-corrected chi connectivity index (χ1v) is 20.3. The normalized spacial score (nSPS) is 12.0. The van der Waals surface area contributed by atoms with Crippen LogP contribution in [0.3, 0.4) is 0 Å². The van der Waals surface area contributed by atoms with Gasteiger partial charge in [0, 0.05) is 27.4 Å². The Hall–Kier alpha value is 0.274. The molecule has 220 valence electrons. The number of hydrogen-bond acceptors (Lipinski definition) is 4. The van der Waals surface area contributed by atoms with Crippen molar-refractivity contribution in [2.45, 2.75) is 168 Å². The first-order valence-electron chi connectivity index (χ1n) is 15.9. The van der Waals surface area contributed by atoms with Gasteiger partial charge in [-0.15, -0.1) is 0 Å². The molecule has 36 heavy (non-hydrogen) atoms. The van der Waals surface area contributed by atoms with Crippen LogP contribution in [-0.4, -0.2) is 44.6 Å². The van der Waals surface area contributed by atoms with Gasteiger partial charge in [0.2, 0.25) is 0 Å². The molecule has 0 amide bonds. The summed E-state index contributed by atoms with van der Waals surface area (Å²) in [6, 6.07) is 4.74. The molecule has 0 aliphatic rings. The standard InChI is InChI=1S/C16H36O2Si.C14H32O2Si/c1-5-9-11-13-15-19(17-7-3,18-8-4)16-14-12-10-6-2;1-5-7-9-11-13-17(15-3,16-4)14-12-10-8-6-2/h5-16H2,1-4H3;5-14H2,1-4H3. The first kappa shape index (κ1) is 38.4. The maximum absolute atomic E-state index is 6.15. The topological polar surface area (TPSA) is 36.9 Å². The lowest BCUT2D eigenvalue weighted by molar-refractivity contribution is 0.180. The van der Waals surface area contributed by atoms with Gasteiger partial charge in [0.1, 0.15) is 0 Å². The maximum atomic E-state index is 6.15. The molecule has 0 radical (unpaired) electrons. The van der Waals surface area contributed by atoms with Gasteiger partial charge < -0.3 is 17.7 Å². The van der Waals surface area contributed by atoms with E-state index in [-0.39, 0.29) is 0 Å². The summed E-state index contributed by atoms with van der Waals surface area (Å²) in [5.74, 6) is 0. The molecule has 0 saturated heterocycles. The Kier molecular flexibility index (Phi) is 30.2. The molecule has 0 N–H and O–H groups in total. The van der Waals surface area contributed by atoms with Gasteiger partial charge in [0.15, 0.2) is 0 Å². The van der Waals surface area contributed by atoms with E-state index in [0.29, 0.717) is 0 Å². The molecule has 0 atom stereocenters. The van der Waals surface area contributed by atoms with Gasteiger partial charge in [0.25, 0.3) is 0 Å². The monoisotopic (exact) mass is 548 g/mol. The highest BCUT2D eigenvalue weighted by atomic mass is 28.4. The molecule has 0 heterocycles. The predicted molar refractivity (Wildman–Crippen MR) is 165 cm³/mol. The fourth-order valence-corrected chi connectivity index (χ4v) is 11.2. The van der Waals surface area contributed by atoms with Crippen LogP contribution in [0.1, 0.15) is 144 Å². The van der Waals surface area contributed by atoms with Gasteiger partial charge in [-0.1, -0.05) is 130 Å². The summed E-state index contributed by atoms with van der Waals surface area (Å²) in [5.41, 5.74) is 0. The number of unbranched alkanes of at least 4 members (excludes halogenated alkanes) is 12. The number of rotatable bonds is 26. The highest BCUT2D eigenvalue weighted by Gasteiger charge is 2.36. The van der Waals surface area contributed by atoms with Gasteiger partial charge in [-0.3, -0.25) is 0 Å². The Balaban J connectivity index is 0. The number of hydrogen-bond donors (Lipinski definition) is 0. The van der Waals surface area contributed by atoms with Crippen molar-refractivity contribution in [2.24, 2.45) is 0 Å². The van der Waals surface area contributed by atoms with Crippen LogP contribution < -0.4 is 0 Å². The van der Waals surface area contributed by atoms with E-state index in [0.717, 1.165) is 13.2 Å². The molecule has 0 rings (SSSR count). The molecule has 0 aromatic carbocycles. The highest BCUT2D eigenvalue weighted by Crippen LogP contribution is 2.26. The van der Waals surface area contributed by atoms with E-state index in [1.165, 1.54) is 127 Å². The summed E-state index contributed by atoms with van der Waals surface area (Å²) >= 11 is 0. The first-order chi connectivity index (χ1) is 17.5. The van der Waals surface area contributed by atoms with Gasteiger partial charge in [0.05, 0.1) is 0 Å². The minimum atomic E-state index is -1.90. The van der Waals surface area contributed by atoms with Gasteiger partial charge in [-0.05, 0) is 38.0 Å². The second-order valence-electron chi connectivity index (χ2n) is 10.3. The van der Waals surface area contributed by atoms with Crippen molar-refractivity contribution in [3.63, 3.8) is 0 Å². The van der Waals surface area contributed by atoms with E-state index < -0.39 is 17.1 Å². The van der Waals surface area contributed by atoms with Crippen LogP contribution in [0.15, 0.2) is 0 Å². The zero-order valence-electron chi connectivity index (χ0n) is 26.2. The average molecular weight is 549 g/mol. The molecule has 0 aromatic heterocycles. The van der Waals surface area contributed by atoms with Crippen molar-refractivity contribution in [2.75, 3.05) is 27.4 Å². The molecular weight excluding hydrogens is 480 g/mol. The van der Waals surface area contributed by atoms with Gasteiger partial charge in [-0.25, -0.2) is 0 Å². The van der Waals surface area contributed by atoms with Crippen LogP contribution in [0.5, 0.6) is 0 Å². The fourth-order valence-electron chi connectivity index (χ4n) is 4.88. The zero-order valence-corrected chi connectivity index (χ0v) is 28.2. The molecule has 6 heteroatoms. The SMILES string of the molecule is CCCCCC[Si](CCCCCC)(OC)OC.CCCCCC[Si](CCCCCC)(OCC)OCC. The third kappa shape index (κ3) is 21.2. The van der Waals surface area contributed by atoms with E-state index >= 15 is 0 Å². The summed E-state index contributed by atoms with van der Waals surface area (Å²) < 4.78 is 23.8. The smallest absolute Gasteiger partial charge is 0.338 e. The minimum absolute atomic E-state index is 0.813. The molecule has 0 saturated carbocycles. The van der Waals surface area contributed by atoms with Crippen molar-refractivity contribution >= 4 is 17.1 Å². The molecule has 0 bridgehead atoms. The van der Waals surface area contributed by atoms with Crippen LogP contribution >= 0.6 is 0 Å². The second-order valence-corrected chi connectivity index (χ2v) is 17.4. The van der Waals surface area contributed by atoms with Gasteiger partial charge >= 0.3 is 17.1 Å². The molecule has 0 aromatic rings. The lowest BCUT2D eigenvalue weighted by Crippen LogP contribution is -2.42. The Labute approximate surface area is 230 Å². The summed E-state index contributed by atoms with van der Waals surface area (Å²) in [6.45, 7) is 14.9. The van der Waals surface area contributed by atoms with Crippen LogP contribution in [-0.2, 0) is 17.7 Å². The van der Waals surface area contributed by atoms with E-state index in [4.69, 9.17) is 17.7 Å². The van der Waals surface area contributed by atoms with Crippen molar-refractivity contribution in [1.29, 1.82) is 0 Å². The fraction of sp³-hybridized carbons (Fsp3) is 1.00. The lowest BCUT2D eigenvalue weighted by atomic mass is 10.2. The van der Waals surface area contributed by atoms with Crippen LogP contribution in [0.4, 0.5) is 0 Å². The zero-order chi connectivity index (χ0) is 27.4. The van der Waals surface area contributed by atoms with Crippen molar-refractivity contribution in [3.8, 4) is 0 Å². The molecule has 0 aliphatic heterocycles. The summed E-state index contributed by atoms with van der Waals surface area (Å²) in [6.07, 6.45) is 21.0. The molecular formula is C30H68O4Si2. The van der Waals surface area contributed by atoms with Crippen LogP contribution in [0.25, 0.3) is 0 Å². The second kappa shape index (κ2) is 28.3. The quantitative estimate of drug-likeness (QED) is 0.0795. The Morgan fingerprint density at radius 1 is 0.361 bits per heavy atom. The third-order valence-corrected chi connectivity index (χ3v) is 14.8. The molecule has 0 spiro atoms. The molecule has 4 nitrogen and oxygen atoms in total. The molecule has 0 unspecified atom stereocenters. The summed E-state index contributed by atoms with van der Waals surface area (Å²) in [5, 5.41) is 0. The van der Waals surface area contributed by atoms with Crippen molar-refractivity contribution < 1.29 is 17.7 Å². The van der Waals surface area contributed by atoms with Crippen molar-refractivity contribution in [1.82, 2.24) is 0 Å². The highest BCUT2D eigenvalue weighted by molar-refractivity contribution is 6.67. The third-order valence-electron chi connectivity index (χ3n) is 7.20. The lowest BCUT2D eigenvalue weighted by Gasteiger charge is -2.30. The Morgan fingerprint density at radius 3 is 0.861 bits per heavy atom. The van der Waals surface area contributed by atoms with Gasteiger partial charge in [-0.2, -0.15) is 0 Å². The maximum Gasteiger partial charge on any atom is 0.338 e. The van der Waals surface area contributed by atoms with Crippen molar-refractivity contribution in [3.05, 3.63) is 0 Å². The predicted octanol–water partition coefficient (Wildman–Crippen LogP) is 10.5. The van der Waals surface area contributed by atoms with E-state index in [9.17, 15) is 0 Å². The molecule has 0 fully saturated rings. The summed E-state index contributed by atoms with van der Waals surface area (Å²) in [4.78, 5) is 0. The largest absolute Gasteiger partial charge is 0.398 e. The van der Waals surface area contributed by atoms with Crippen LogP contribution in [0, 0.1) is 0 Å². The minimum Gasteiger partial charge on any atom is -0.398 e.